The van der Waals surface area contributed by atoms with Gasteiger partial charge in [0.1, 0.15) is 0 Å². The Kier molecular flexibility index (Phi) is 6.84. The maximum atomic E-state index is 12.3. The van der Waals surface area contributed by atoms with Gasteiger partial charge in [-0.3, -0.25) is 9.59 Å². The fraction of sp³-hybridized carbons (Fsp3) is 0.0588. The molecular weight excluding hydrogens is 554 g/mol. The molecule has 2 heterocycles. The number of ether oxygens (including phenoxy) is 1. The Labute approximate surface area is 189 Å². The number of hydrogen-bond acceptors (Lipinski definition) is 6. The number of nitrogens with one attached hydrogen (secondary N) is 4. The number of benzene rings is 1. The summed E-state index contributed by atoms with van der Waals surface area (Å²) in [5.74, 6) is -0.986. The van der Waals surface area contributed by atoms with Crippen LogP contribution in [-0.2, 0) is 7.86 Å². The number of H-pyrrole nitrogens is 1. The van der Waals surface area contributed by atoms with E-state index < -0.39 is 45.1 Å². The minimum atomic E-state index is -0.995. The normalized spacial score (nSPS) is 13.2. The Balaban J connectivity index is 1.81. The first-order chi connectivity index (χ1) is 14.3. The number of amides is 3. The summed E-state index contributed by atoms with van der Waals surface area (Å²) < 4.78 is 11.9. The third-order valence-electron chi connectivity index (χ3n) is 3.57. The first-order valence-electron chi connectivity index (χ1n) is 8.03. The van der Waals surface area contributed by atoms with E-state index >= 15 is 0 Å². The predicted molar refractivity (Wildman–Crippen MR) is 103 cm³/mol. The monoisotopic (exact) mass is 565 g/mol. The molecule has 3 rings (SSSR count). The van der Waals surface area contributed by atoms with Gasteiger partial charge in [-0.05, 0) is 0 Å². The second-order valence-electron chi connectivity index (χ2n) is 5.58. The molecular formula is C17H12Cl2IN4O6-. The molecule has 13 heteroatoms. The van der Waals surface area contributed by atoms with Crippen molar-refractivity contribution in [2.24, 2.45) is 0 Å². The molecule has 0 fully saturated rings. The SMILES string of the molecule is CNC(=O)c1cc(Oc2c(Cl)cc(NC(=O)C3=C[I-]OC(=O)N3)cc2Cl)c[nH]c1=O. The van der Waals surface area contributed by atoms with E-state index in [0.717, 1.165) is 0 Å². The Morgan fingerprint density at radius 2 is 1.83 bits per heavy atom. The average Bonchev–Trinajstić information content (AvgIpc) is 2.71. The van der Waals surface area contributed by atoms with Gasteiger partial charge in [0.15, 0.2) is 0 Å². The number of halogens is 3. The molecule has 10 nitrogen and oxygen atoms in total. The van der Waals surface area contributed by atoms with E-state index in [1.165, 1.54) is 35.5 Å². The molecule has 0 bridgehead atoms. The van der Waals surface area contributed by atoms with Crippen LogP contribution in [0.1, 0.15) is 10.4 Å². The van der Waals surface area contributed by atoms with E-state index in [4.69, 9.17) is 31.0 Å². The van der Waals surface area contributed by atoms with E-state index in [1.807, 2.05) is 0 Å². The van der Waals surface area contributed by atoms with Crippen molar-refractivity contribution in [3.63, 3.8) is 0 Å². The summed E-state index contributed by atoms with van der Waals surface area (Å²) >= 11 is 11.5. The zero-order valence-electron chi connectivity index (χ0n) is 15.0. The number of anilines is 1. The van der Waals surface area contributed by atoms with Gasteiger partial charge in [0.2, 0.25) is 0 Å². The van der Waals surface area contributed by atoms with Gasteiger partial charge in [-0.25, -0.2) is 0 Å². The second-order valence-corrected chi connectivity index (χ2v) is 7.97. The minimum absolute atomic E-state index is 0.0516. The molecule has 1 aromatic heterocycles. The van der Waals surface area contributed by atoms with Crippen LogP contribution in [0.15, 0.2) is 39.0 Å². The molecule has 0 aliphatic carbocycles. The molecule has 4 N–H and O–H groups in total. The van der Waals surface area contributed by atoms with Gasteiger partial charge in [0.25, 0.3) is 11.5 Å². The van der Waals surface area contributed by atoms with E-state index in [2.05, 4.69) is 20.9 Å². The van der Waals surface area contributed by atoms with E-state index in [0.29, 0.717) is 0 Å². The van der Waals surface area contributed by atoms with Gasteiger partial charge in [-0.15, -0.1) is 0 Å². The molecule has 3 amide bonds. The number of hydrogen-bond donors (Lipinski definition) is 4. The van der Waals surface area contributed by atoms with Crippen LogP contribution >= 0.6 is 23.2 Å². The molecule has 158 valence electrons. The van der Waals surface area contributed by atoms with Crippen LogP contribution in [0.5, 0.6) is 11.5 Å². The molecule has 1 aliphatic rings. The second kappa shape index (κ2) is 9.36. The first kappa shape index (κ1) is 21.9. The van der Waals surface area contributed by atoms with E-state index in [1.54, 1.807) is 0 Å². The topological polar surface area (TPSA) is 139 Å². The third kappa shape index (κ3) is 5.04. The van der Waals surface area contributed by atoms with Crippen molar-refractivity contribution in [1.82, 2.24) is 15.6 Å². The quantitative estimate of drug-likeness (QED) is 0.356. The number of pyridine rings is 1. The standard InChI is InChI=1S/C17H12Cl2IN4O6/c1-21-14(25)9-4-8(6-22-15(9)26)29-13-10(18)2-7(3-11(13)19)23-16(27)12-5-20-30-17(28)24-12/h2-6H,1H3,(H,21,25)(H,22,26)(H,23,27)(H,24,28)/q-1. The summed E-state index contributed by atoms with van der Waals surface area (Å²) in [6.07, 6.45) is 0.563. The first-order valence-corrected chi connectivity index (χ1v) is 10.9. The number of carbonyl (C=O) groups is 3. The zero-order valence-corrected chi connectivity index (χ0v) is 18.6. The molecule has 0 atom stereocenters. The number of carbonyl (C=O) groups excluding carboxylic acids is 3. The van der Waals surface area contributed by atoms with Crippen molar-refractivity contribution < 1.29 is 43.8 Å². The molecule has 30 heavy (non-hydrogen) atoms. The fourth-order valence-corrected chi connectivity index (χ4v) is 3.97. The van der Waals surface area contributed by atoms with Crippen molar-refractivity contribution >= 4 is 46.8 Å². The van der Waals surface area contributed by atoms with Crippen molar-refractivity contribution in [1.29, 1.82) is 0 Å². The predicted octanol–water partition coefficient (Wildman–Crippen LogP) is -0.643. The van der Waals surface area contributed by atoms with Crippen molar-refractivity contribution in [2.45, 2.75) is 0 Å². The van der Waals surface area contributed by atoms with Crippen LogP contribution in [0.2, 0.25) is 10.0 Å². The van der Waals surface area contributed by atoms with Crippen LogP contribution < -0.4 is 47.9 Å². The van der Waals surface area contributed by atoms with E-state index in [-0.39, 0.29) is 38.5 Å². The molecule has 0 saturated heterocycles. The van der Waals surface area contributed by atoms with Gasteiger partial charge in [0, 0.05) is 7.05 Å². The van der Waals surface area contributed by atoms with Crippen LogP contribution in [0.25, 0.3) is 0 Å². The van der Waals surface area contributed by atoms with Crippen LogP contribution in [0.3, 0.4) is 0 Å². The van der Waals surface area contributed by atoms with Gasteiger partial charge in [-0.1, -0.05) is 0 Å². The fourth-order valence-electron chi connectivity index (χ4n) is 2.24. The molecule has 0 radical (unpaired) electrons. The van der Waals surface area contributed by atoms with Crippen molar-refractivity contribution in [3.8, 4) is 11.5 Å². The Morgan fingerprint density at radius 3 is 2.47 bits per heavy atom. The molecule has 0 saturated carbocycles. The summed E-state index contributed by atoms with van der Waals surface area (Å²) in [5, 5.41) is 7.32. The number of aromatic amines is 1. The summed E-state index contributed by atoms with van der Waals surface area (Å²) in [6, 6.07) is 4.02. The van der Waals surface area contributed by atoms with Crippen LogP contribution in [0, 0.1) is 0 Å². The molecule has 0 spiro atoms. The minimum Gasteiger partial charge on any atom is -0.269 e. The number of aromatic nitrogens is 1. The molecule has 0 unspecified atom stereocenters. The molecule has 2 aromatic rings. The number of rotatable bonds is 5. The van der Waals surface area contributed by atoms with Gasteiger partial charge in [0.05, 0.1) is 0 Å². The summed E-state index contributed by atoms with van der Waals surface area (Å²) in [6.45, 7) is 0. The summed E-state index contributed by atoms with van der Waals surface area (Å²) in [5.41, 5.74) is -0.411. The Bertz CT molecular complexity index is 1110. The van der Waals surface area contributed by atoms with E-state index in [9.17, 15) is 19.2 Å². The smallest absolute Gasteiger partial charge is 0.269 e. The van der Waals surface area contributed by atoms with Crippen molar-refractivity contribution in [2.75, 3.05) is 12.4 Å². The maximum absolute atomic E-state index is 12.3. The Morgan fingerprint density at radius 1 is 1.13 bits per heavy atom. The van der Waals surface area contributed by atoms with Crippen molar-refractivity contribution in [3.05, 3.63) is 60.1 Å². The van der Waals surface area contributed by atoms with Gasteiger partial charge < -0.3 is 5.32 Å². The van der Waals surface area contributed by atoms with Gasteiger partial charge in [-0.2, -0.15) is 0 Å². The zero-order chi connectivity index (χ0) is 21.8. The summed E-state index contributed by atoms with van der Waals surface area (Å²) in [7, 11) is 1.39. The van der Waals surface area contributed by atoms with Crippen LogP contribution in [-0.4, -0.2) is 29.9 Å². The van der Waals surface area contributed by atoms with Gasteiger partial charge >= 0.3 is 157 Å². The molecule has 1 aliphatic heterocycles. The van der Waals surface area contributed by atoms with Crippen LogP contribution in [0.4, 0.5) is 10.5 Å². The third-order valence-corrected chi connectivity index (χ3v) is 5.67. The molecule has 1 aromatic carbocycles. The Hall–Kier alpha value is -2.77. The summed E-state index contributed by atoms with van der Waals surface area (Å²) in [4.78, 5) is 49.4. The average molecular weight is 566 g/mol.